The van der Waals surface area contributed by atoms with E-state index < -0.39 is 60.4 Å². The fourth-order valence-electron chi connectivity index (χ4n) is 2.89. The van der Waals surface area contributed by atoms with Crippen molar-refractivity contribution in [2.75, 3.05) is 13.2 Å². The van der Waals surface area contributed by atoms with Crippen LogP contribution in [0.15, 0.2) is 42.9 Å². The number of alkyl halides is 5. The highest BCUT2D eigenvalue weighted by atomic mass is 19.4. The molecule has 0 aliphatic heterocycles. The topological polar surface area (TPSA) is 86.0 Å². The molecule has 0 bridgehead atoms. The van der Waals surface area contributed by atoms with Gasteiger partial charge in [0.05, 0.1) is 6.54 Å². The predicted octanol–water partition coefficient (Wildman–Crippen LogP) is 2.96. The minimum atomic E-state index is -4.51. The summed E-state index contributed by atoms with van der Waals surface area (Å²) in [5.74, 6) is -2.07. The van der Waals surface area contributed by atoms with E-state index in [2.05, 4.69) is 37.1 Å². The number of nitrogens with zero attached hydrogens (tertiary/aromatic N) is 5. The zero-order valence-electron chi connectivity index (χ0n) is 16.9. The Labute approximate surface area is 187 Å². The zero-order valence-corrected chi connectivity index (χ0v) is 16.9. The van der Waals surface area contributed by atoms with Crippen LogP contribution in [0.1, 0.15) is 16.8 Å². The van der Waals surface area contributed by atoms with Crippen molar-refractivity contribution in [3.63, 3.8) is 0 Å². The molecule has 14 heteroatoms. The number of benzene rings is 1. The molecular weight excluding hydrogens is 475 g/mol. The van der Waals surface area contributed by atoms with Crippen molar-refractivity contribution >= 4 is 0 Å². The molecule has 7 nitrogen and oxygen atoms in total. The second-order valence-electron chi connectivity index (χ2n) is 6.91. The van der Waals surface area contributed by atoms with Gasteiger partial charge < -0.3 is 9.84 Å². The Bertz CT molecular complexity index is 1170. The number of rotatable bonds is 7. The molecule has 0 aliphatic carbocycles. The summed E-state index contributed by atoms with van der Waals surface area (Å²) in [4.78, 5) is 3.57. The van der Waals surface area contributed by atoms with E-state index in [9.17, 15) is 27.1 Å². The number of aliphatic hydroxyl groups is 1. The summed E-state index contributed by atoms with van der Waals surface area (Å²) in [5, 5.41) is 21.0. The molecule has 2 aromatic heterocycles. The van der Waals surface area contributed by atoms with Gasteiger partial charge in [0.1, 0.15) is 36.9 Å². The van der Waals surface area contributed by atoms with E-state index in [1.165, 1.54) is 0 Å². The van der Waals surface area contributed by atoms with Crippen LogP contribution in [0.5, 0.6) is 0 Å². The molecule has 34 heavy (non-hydrogen) atoms. The van der Waals surface area contributed by atoms with Crippen LogP contribution in [0.2, 0.25) is 0 Å². The number of hydrogen-bond acceptors (Lipinski definition) is 6. The van der Waals surface area contributed by atoms with Gasteiger partial charge in [0.2, 0.25) is 0 Å². The maximum Gasteiger partial charge on any atom is 0.411 e. The summed E-state index contributed by atoms with van der Waals surface area (Å²) in [6.07, 6.45) is -2.71. The predicted molar refractivity (Wildman–Crippen MR) is 100.0 cm³/mol. The number of pyridine rings is 1. The summed E-state index contributed by atoms with van der Waals surface area (Å²) >= 11 is 0. The van der Waals surface area contributed by atoms with Gasteiger partial charge in [-0.2, -0.15) is 22.0 Å². The lowest BCUT2D eigenvalue weighted by molar-refractivity contribution is -0.207. The molecule has 1 aromatic carbocycles. The Morgan fingerprint density at radius 3 is 2.41 bits per heavy atom. The summed E-state index contributed by atoms with van der Waals surface area (Å²) in [6.45, 7) is -3.08. The highest BCUT2D eigenvalue weighted by molar-refractivity contribution is 5.36. The number of ether oxygens (including phenoxy) is 1. The standard InChI is InChI=1S/C20H14F7N5O2/c21-14-4-5-15(16(22)8-14)18(33,10-32-12-29-30-31-32)20(26,27)17-6-3-13(9-28-17)2-1-7-34-11-19(23,24)25/h3-6,8-9,12,33H,7,10-11H2. The lowest BCUT2D eigenvalue weighted by Gasteiger charge is -2.35. The first kappa shape index (κ1) is 25.1. The maximum atomic E-state index is 15.5. The minimum Gasteiger partial charge on any atom is -0.377 e. The highest BCUT2D eigenvalue weighted by Crippen LogP contribution is 2.46. The molecule has 3 aromatic rings. The largest absolute Gasteiger partial charge is 0.411 e. The average Bonchev–Trinajstić information content (AvgIpc) is 3.25. The van der Waals surface area contributed by atoms with Crippen LogP contribution in [0.3, 0.4) is 0 Å². The van der Waals surface area contributed by atoms with Gasteiger partial charge in [-0.15, -0.1) is 5.10 Å². The Balaban J connectivity index is 1.89. The van der Waals surface area contributed by atoms with Gasteiger partial charge in [-0.1, -0.05) is 11.8 Å². The minimum absolute atomic E-state index is 0.0622. The Kier molecular flexibility index (Phi) is 7.18. The van der Waals surface area contributed by atoms with Gasteiger partial charge in [0.15, 0.2) is 5.60 Å². The summed E-state index contributed by atoms with van der Waals surface area (Å²) in [5.41, 5.74) is -5.16. The van der Waals surface area contributed by atoms with Crippen LogP contribution in [-0.2, 0) is 22.8 Å². The molecule has 1 unspecified atom stereocenters. The lowest BCUT2D eigenvalue weighted by Crippen LogP contribution is -2.48. The first-order valence-corrected chi connectivity index (χ1v) is 9.29. The van der Waals surface area contributed by atoms with Crippen molar-refractivity contribution in [1.82, 2.24) is 25.2 Å². The molecule has 0 aliphatic rings. The first-order valence-electron chi connectivity index (χ1n) is 9.29. The molecule has 1 atom stereocenters. The molecule has 1 N–H and O–H groups in total. The summed E-state index contributed by atoms with van der Waals surface area (Å²) in [7, 11) is 0. The molecule has 0 amide bonds. The number of halogens is 7. The number of hydrogen-bond donors (Lipinski definition) is 1. The number of tetrazole rings is 1. The normalized spacial score (nSPS) is 13.8. The number of aromatic nitrogens is 5. The molecule has 2 heterocycles. The molecule has 0 saturated carbocycles. The summed E-state index contributed by atoms with van der Waals surface area (Å²) in [6, 6.07) is 3.58. The Morgan fingerprint density at radius 1 is 1.06 bits per heavy atom. The monoisotopic (exact) mass is 489 g/mol. The van der Waals surface area contributed by atoms with E-state index in [-0.39, 0.29) is 5.56 Å². The van der Waals surface area contributed by atoms with E-state index >= 15 is 8.78 Å². The second-order valence-corrected chi connectivity index (χ2v) is 6.91. The van der Waals surface area contributed by atoms with E-state index in [0.29, 0.717) is 18.2 Å². The van der Waals surface area contributed by atoms with Crippen LogP contribution < -0.4 is 0 Å². The van der Waals surface area contributed by atoms with Crippen molar-refractivity contribution in [1.29, 1.82) is 0 Å². The van der Waals surface area contributed by atoms with Gasteiger partial charge in [0.25, 0.3) is 0 Å². The second kappa shape index (κ2) is 9.74. The Morgan fingerprint density at radius 2 is 1.82 bits per heavy atom. The Hall–Kier alpha value is -3.57. The van der Waals surface area contributed by atoms with Gasteiger partial charge in [-0.25, -0.2) is 13.5 Å². The van der Waals surface area contributed by atoms with E-state index in [1.807, 2.05) is 0 Å². The van der Waals surface area contributed by atoms with Crippen LogP contribution in [0.25, 0.3) is 0 Å². The highest BCUT2D eigenvalue weighted by Gasteiger charge is 2.57. The molecule has 0 saturated heterocycles. The molecule has 0 fully saturated rings. The van der Waals surface area contributed by atoms with Gasteiger partial charge in [-0.3, -0.25) is 4.98 Å². The lowest BCUT2D eigenvalue weighted by atomic mass is 9.84. The van der Waals surface area contributed by atoms with Crippen molar-refractivity contribution in [3.05, 3.63) is 71.3 Å². The zero-order chi connectivity index (χ0) is 25.0. The average molecular weight is 489 g/mol. The molecular formula is C20H14F7N5O2. The quantitative estimate of drug-likeness (QED) is 0.312. The van der Waals surface area contributed by atoms with Gasteiger partial charge in [-0.05, 0) is 34.7 Å². The van der Waals surface area contributed by atoms with Crippen molar-refractivity contribution in [2.45, 2.75) is 24.2 Å². The van der Waals surface area contributed by atoms with Crippen LogP contribution in [0.4, 0.5) is 30.7 Å². The van der Waals surface area contributed by atoms with Gasteiger partial charge >= 0.3 is 12.1 Å². The van der Waals surface area contributed by atoms with E-state index in [4.69, 9.17) is 0 Å². The summed E-state index contributed by atoms with van der Waals surface area (Å²) < 4.78 is 100.0. The van der Waals surface area contributed by atoms with Crippen LogP contribution in [-0.4, -0.2) is 49.7 Å². The van der Waals surface area contributed by atoms with E-state index in [1.54, 1.807) is 0 Å². The smallest absolute Gasteiger partial charge is 0.377 e. The van der Waals surface area contributed by atoms with Crippen molar-refractivity contribution in [3.8, 4) is 11.8 Å². The van der Waals surface area contributed by atoms with Gasteiger partial charge in [0, 0.05) is 23.4 Å². The molecule has 0 radical (unpaired) electrons. The SMILES string of the molecule is OC(Cn1cnnn1)(c1ccc(F)cc1F)C(F)(F)c1ccc(C#CCOCC(F)(F)F)cn1. The van der Waals surface area contributed by atoms with Crippen LogP contribution in [0, 0.1) is 23.5 Å². The third-order valence-electron chi connectivity index (χ3n) is 4.44. The van der Waals surface area contributed by atoms with Crippen molar-refractivity contribution in [2.24, 2.45) is 0 Å². The first-order chi connectivity index (χ1) is 15.9. The van der Waals surface area contributed by atoms with Crippen LogP contribution >= 0.6 is 0 Å². The molecule has 180 valence electrons. The third-order valence-corrected chi connectivity index (χ3v) is 4.44. The fraction of sp³-hybridized carbons (Fsp3) is 0.300. The maximum absolute atomic E-state index is 15.5. The fourth-order valence-corrected chi connectivity index (χ4v) is 2.89. The van der Waals surface area contributed by atoms with Crippen molar-refractivity contribution < 1.29 is 40.6 Å². The molecule has 0 spiro atoms. The third kappa shape index (κ3) is 5.67. The van der Waals surface area contributed by atoms with E-state index in [0.717, 1.165) is 29.3 Å². The molecule has 3 rings (SSSR count).